The largest absolute Gasteiger partial charge is 0.378 e. The number of nitrogens with one attached hydrogen (secondary N) is 1. The van der Waals surface area contributed by atoms with E-state index in [2.05, 4.69) is 20.1 Å². The average molecular weight is 278 g/mol. The van der Waals surface area contributed by atoms with Crippen LogP contribution in [0.4, 0.5) is 0 Å². The van der Waals surface area contributed by atoms with E-state index in [0.717, 1.165) is 24.7 Å². The number of nitrogens with zero attached hydrogens (tertiary/aromatic N) is 3. The summed E-state index contributed by atoms with van der Waals surface area (Å²) in [6.45, 7) is 5.42. The normalized spacial score (nSPS) is 26.4. The van der Waals surface area contributed by atoms with Crippen molar-refractivity contribution in [3.8, 4) is 0 Å². The first-order valence-electron chi connectivity index (χ1n) is 7.87. The van der Waals surface area contributed by atoms with E-state index in [4.69, 9.17) is 4.74 Å². The van der Waals surface area contributed by atoms with Crippen LogP contribution < -0.4 is 0 Å². The second kappa shape index (κ2) is 5.82. The molecule has 1 aliphatic carbocycles. The van der Waals surface area contributed by atoms with Crippen molar-refractivity contribution in [2.24, 2.45) is 0 Å². The Bertz CT molecular complexity index is 435. The minimum atomic E-state index is 0.189. The Labute approximate surface area is 121 Å². The summed E-state index contributed by atoms with van der Waals surface area (Å²) in [5.74, 6) is 2.41. The Kier molecular flexibility index (Phi) is 4.08. The molecule has 20 heavy (non-hydrogen) atoms. The molecule has 3 rings (SSSR count). The summed E-state index contributed by atoms with van der Waals surface area (Å²) in [5, 5.41) is 7.30. The first-order valence-corrected chi connectivity index (χ1v) is 7.87. The Morgan fingerprint density at radius 3 is 2.85 bits per heavy atom. The van der Waals surface area contributed by atoms with E-state index in [-0.39, 0.29) is 5.60 Å². The first-order chi connectivity index (χ1) is 9.71. The lowest BCUT2D eigenvalue weighted by atomic mass is 9.77. The summed E-state index contributed by atoms with van der Waals surface area (Å²) in [7, 11) is 1.87. The van der Waals surface area contributed by atoms with Gasteiger partial charge in [-0.1, -0.05) is 0 Å². The summed E-state index contributed by atoms with van der Waals surface area (Å²) in [6, 6.07) is 0. The fourth-order valence-corrected chi connectivity index (χ4v) is 3.50. The first kappa shape index (κ1) is 14.0. The number of likely N-dealkylation sites (tertiary alicyclic amines) is 1. The molecule has 2 heterocycles. The number of aryl methyl sites for hydroxylation is 1. The predicted octanol–water partition coefficient (Wildman–Crippen LogP) is 2.25. The highest BCUT2D eigenvalue weighted by Crippen LogP contribution is 2.38. The van der Waals surface area contributed by atoms with Gasteiger partial charge in [0, 0.05) is 26.1 Å². The van der Waals surface area contributed by atoms with Gasteiger partial charge in [0.1, 0.15) is 5.82 Å². The van der Waals surface area contributed by atoms with Gasteiger partial charge in [0.2, 0.25) is 0 Å². The molecule has 1 unspecified atom stereocenters. The second-order valence-electron chi connectivity index (χ2n) is 6.41. The molecule has 2 fully saturated rings. The van der Waals surface area contributed by atoms with Gasteiger partial charge in [-0.25, -0.2) is 4.98 Å². The lowest BCUT2D eigenvalue weighted by Gasteiger charge is -2.42. The quantitative estimate of drug-likeness (QED) is 0.897. The number of aromatic nitrogens is 3. The highest BCUT2D eigenvalue weighted by molar-refractivity contribution is 5.00. The molecule has 0 bridgehead atoms. The number of piperidine rings is 1. The maximum atomic E-state index is 5.72. The smallest absolute Gasteiger partial charge is 0.155 e. The zero-order valence-electron chi connectivity index (χ0n) is 12.7. The third kappa shape index (κ3) is 2.88. The van der Waals surface area contributed by atoms with Gasteiger partial charge in [0.05, 0.1) is 5.60 Å². The molecule has 0 radical (unpaired) electrons. The molecule has 0 amide bonds. The topological polar surface area (TPSA) is 54.0 Å². The molecule has 112 valence electrons. The van der Waals surface area contributed by atoms with Crippen LogP contribution in [0.15, 0.2) is 0 Å². The summed E-state index contributed by atoms with van der Waals surface area (Å²) >= 11 is 0. The molecule has 2 aliphatic rings. The minimum Gasteiger partial charge on any atom is -0.378 e. The van der Waals surface area contributed by atoms with Crippen LogP contribution in [0.2, 0.25) is 0 Å². The van der Waals surface area contributed by atoms with Crippen molar-refractivity contribution in [2.75, 3.05) is 26.7 Å². The molecule has 0 spiro atoms. The summed E-state index contributed by atoms with van der Waals surface area (Å²) in [6.07, 6.45) is 7.43. The van der Waals surface area contributed by atoms with Crippen molar-refractivity contribution >= 4 is 0 Å². The molecule has 1 saturated carbocycles. The van der Waals surface area contributed by atoms with Crippen molar-refractivity contribution in [3.63, 3.8) is 0 Å². The maximum absolute atomic E-state index is 5.72. The van der Waals surface area contributed by atoms with Crippen LogP contribution in [-0.4, -0.2) is 52.4 Å². The van der Waals surface area contributed by atoms with E-state index >= 15 is 0 Å². The van der Waals surface area contributed by atoms with Gasteiger partial charge < -0.3 is 9.64 Å². The maximum Gasteiger partial charge on any atom is 0.155 e. The fourth-order valence-electron chi connectivity index (χ4n) is 3.50. The van der Waals surface area contributed by atoms with Gasteiger partial charge in [-0.05, 0) is 52.0 Å². The van der Waals surface area contributed by atoms with Crippen LogP contribution in [-0.2, 0) is 4.74 Å². The standard InChI is InChI=1S/C15H26N4O/c1-12-16-14(18-17-12)13-5-3-9-19(11-13)10-8-15(20-2)6-4-7-15/h13H,3-11H2,1-2H3,(H,16,17,18). The lowest BCUT2D eigenvalue weighted by Crippen LogP contribution is -2.44. The van der Waals surface area contributed by atoms with Crippen molar-refractivity contribution in [1.82, 2.24) is 20.1 Å². The van der Waals surface area contributed by atoms with Crippen molar-refractivity contribution in [3.05, 3.63) is 11.6 Å². The molecule has 5 nitrogen and oxygen atoms in total. The summed E-state index contributed by atoms with van der Waals surface area (Å²) in [5.41, 5.74) is 0.189. The van der Waals surface area contributed by atoms with Crippen molar-refractivity contribution < 1.29 is 4.74 Å². The molecule has 1 atom stereocenters. The van der Waals surface area contributed by atoms with Crippen LogP contribution in [0, 0.1) is 6.92 Å². The van der Waals surface area contributed by atoms with E-state index in [1.807, 2.05) is 14.0 Å². The van der Waals surface area contributed by atoms with Crippen molar-refractivity contribution in [1.29, 1.82) is 0 Å². The number of methoxy groups -OCH3 is 1. The van der Waals surface area contributed by atoms with Gasteiger partial charge >= 0.3 is 0 Å². The molecule has 1 aliphatic heterocycles. The van der Waals surface area contributed by atoms with Crippen LogP contribution in [0.5, 0.6) is 0 Å². The molecular weight excluding hydrogens is 252 g/mol. The summed E-state index contributed by atoms with van der Waals surface area (Å²) < 4.78 is 5.72. The van der Waals surface area contributed by atoms with Crippen LogP contribution in [0.25, 0.3) is 0 Å². The Balaban J connectivity index is 1.53. The van der Waals surface area contributed by atoms with E-state index < -0.39 is 0 Å². The Morgan fingerprint density at radius 1 is 1.40 bits per heavy atom. The Morgan fingerprint density at radius 2 is 2.25 bits per heavy atom. The van der Waals surface area contributed by atoms with Gasteiger partial charge in [-0.15, -0.1) is 0 Å². The number of aromatic amines is 1. The van der Waals surface area contributed by atoms with Gasteiger partial charge in [0.15, 0.2) is 5.82 Å². The zero-order valence-corrected chi connectivity index (χ0v) is 12.7. The monoisotopic (exact) mass is 278 g/mol. The predicted molar refractivity (Wildman–Crippen MR) is 77.7 cm³/mol. The number of ether oxygens (including phenoxy) is 1. The van der Waals surface area contributed by atoms with E-state index in [0.29, 0.717) is 5.92 Å². The molecule has 1 N–H and O–H groups in total. The lowest BCUT2D eigenvalue weighted by molar-refractivity contribution is -0.0827. The number of rotatable bonds is 5. The van der Waals surface area contributed by atoms with E-state index in [1.165, 1.54) is 45.1 Å². The van der Waals surface area contributed by atoms with E-state index in [9.17, 15) is 0 Å². The number of hydrogen-bond acceptors (Lipinski definition) is 4. The molecular formula is C15H26N4O. The third-order valence-corrected chi connectivity index (χ3v) is 5.07. The van der Waals surface area contributed by atoms with Gasteiger partial charge in [-0.2, -0.15) is 5.10 Å². The van der Waals surface area contributed by atoms with Gasteiger partial charge in [0.25, 0.3) is 0 Å². The van der Waals surface area contributed by atoms with Crippen molar-refractivity contribution in [2.45, 2.75) is 57.0 Å². The van der Waals surface area contributed by atoms with Crippen LogP contribution >= 0.6 is 0 Å². The molecule has 1 saturated heterocycles. The second-order valence-corrected chi connectivity index (χ2v) is 6.41. The molecule has 0 aromatic carbocycles. The molecule has 1 aromatic heterocycles. The van der Waals surface area contributed by atoms with Crippen LogP contribution in [0.1, 0.15) is 56.1 Å². The average Bonchev–Trinajstić information content (AvgIpc) is 2.85. The number of hydrogen-bond donors (Lipinski definition) is 1. The third-order valence-electron chi connectivity index (χ3n) is 5.07. The highest BCUT2D eigenvalue weighted by atomic mass is 16.5. The Hall–Kier alpha value is -0.940. The summed E-state index contributed by atoms with van der Waals surface area (Å²) in [4.78, 5) is 7.07. The molecule has 5 heteroatoms. The fraction of sp³-hybridized carbons (Fsp3) is 0.867. The highest BCUT2D eigenvalue weighted by Gasteiger charge is 2.37. The zero-order chi connectivity index (χ0) is 14.0. The van der Waals surface area contributed by atoms with Gasteiger partial charge in [-0.3, -0.25) is 5.10 Å². The minimum absolute atomic E-state index is 0.189. The van der Waals surface area contributed by atoms with Crippen LogP contribution in [0.3, 0.4) is 0 Å². The van der Waals surface area contributed by atoms with E-state index in [1.54, 1.807) is 0 Å². The molecule has 1 aromatic rings. The number of H-pyrrole nitrogens is 1. The SMILES string of the molecule is COC1(CCN2CCCC(c3n[nH]c(C)n3)C2)CCC1.